The summed E-state index contributed by atoms with van der Waals surface area (Å²) < 4.78 is 1.99. The van der Waals surface area contributed by atoms with E-state index in [0.717, 1.165) is 6.54 Å². The molecule has 4 heteroatoms. The third kappa shape index (κ3) is 2.93. The van der Waals surface area contributed by atoms with Crippen LogP contribution in [0.4, 0.5) is 0 Å². The zero-order chi connectivity index (χ0) is 13.0. The third-order valence-corrected chi connectivity index (χ3v) is 4.09. The lowest BCUT2D eigenvalue weighted by atomic mass is 10.1. The smallest absolute Gasteiger partial charge is 0.0538 e. The van der Waals surface area contributed by atoms with Gasteiger partial charge in [-0.1, -0.05) is 12.8 Å². The number of aryl methyl sites for hydroxylation is 1. The van der Waals surface area contributed by atoms with Gasteiger partial charge in [-0.25, -0.2) is 0 Å². The first-order chi connectivity index (χ1) is 8.76. The molecule has 102 valence electrons. The minimum Gasteiger partial charge on any atom is -0.329 e. The van der Waals surface area contributed by atoms with Crippen molar-refractivity contribution in [2.75, 3.05) is 13.1 Å². The molecule has 0 saturated carbocycles. The van der Waals surface area contributed by atoms with Crippen LogP contribution in [-0.4, -0.2) is 33.8 Å². The fraction of sp³-hybridized carbons (Fsp3) is 0.786. The Bertz CT molecular complexity index is 360. The topological polar surface area (TPSA) is 47.1 Å². The zero-order valence-corrected chi connectivity index (χ0v) is 11.7. The van der Waals surface area contributed by atoms with Crippen LogP contribution in [0.5, 0.6) is 0 Å². The highest BCUT2D eigenvalue weighted by molar-refractivity contribution is 5.12. The molecular formula is C14H26N4. The third-order valence-electron chi connectivity index (χ3n) is 4.09. The molecule has 1 saturated heterocycles. The number of nitrogens with two attached hydrogens (primary N) is 1. The van der Waals surface area contributed by atoms with E-state index in [2.05, 4.69) is 30.0 Å². The highest BCUT2D eigenvalue weighted by atomic mass is 15.3. The van der Waals surface area contributed by atoms with Gasteiger partial charge in [-0.3, -0.25) is 9.58 Å². The first-order valence-corrected chi connectivity index (χ1v) is 7.24. The summed E-state index contributed by atoms with van der Waals surface area (Å²) in [6.45, 7) is 7.22. The first kappa shape index (κ1) is 13.6. The maximum atomic E-state index is 6.02. The Morgan fingerprint density at radius 1 is 1.44 bits per heavy atom. The number of aromatic nitrogens is 2. The van der Waals surface area contributed by atoms with Crippen LogP contribution in [0.3, 0.4) is 0 Å². The first-order valence-electron chi connectivity index (χ1n) is 7.24. The molecule has 1 aliphatic rings. The Morgan fingerprint density at radius 3 is 2.94 bits per heavy atom. The summed E-state index contributed by atoms with van der Waals surface area (Å²) in [5.41, 5.74) is 7.29. The summed E-state index contributed by atoms with van der Waals surface area (Å²) >= 11 is 0. The van der Waals surface area contributed by atoms with Crippen molar-refractivity contribution in [3.8, 4) is 0 Å². The van der Waals surface area contributed by atoms with E-state index in [9.17, 15) is 0 Å². The Kier molecular flexibility index (Phi) is 4.78. The van der Waals surface area contributed by atoms with E-state index in [1.165, 1.54) is 37.8 Å². The van der Waals surface area contributed by atoms with Crippen molar-refractivity contribution in [3.05, 3.63) is 18.0 Å². The van der Waals surface area contributed by atoms with Crippen LogP contribution >= 0.6 is 0 Å². The van der Waals surface area contributed by atoms with Crippen molar-refractivity contribution in [3.63, 3.8) is 0 Å². The van der Waals surface area contributed by atoms with Crippen molar-refractivity contribution < 1.29 is 0 Å². The second-order valence-corrected chi connectivity index (χ2v) is 5.32. The second kappa shape index (κ2) is 6.34. The molecule has 0 bridgehead atoms. The molecule has 0 aliphatic carbocycles. The molecule has 1 aliphatic heterocycles. The van der Waals surface area contributed by atoms with Gasteiger partial charge in [-0.2, -0.15) is 5.10 Å². The number of hydrogen-bond acceptors (Lipinski definition) is 3. The lowest BCUT2D eigenvalue weighted by Gasteiger charge is -2.34. The summed E-state index contributed by atoms with van der Waals surface area (Å²) in [6, 6.07) is 0.962. The van der Waals surface area contributed by atoms with Gasteiger partial charge in [-0.15, -0.1) is 0 Å². The monoisotopic (exact) mass is 250 g/mol. The average molecular weight is 250 g/mol. The van der Waals surface area contributed by atoms with Crippen molar-refractivity contribution >= 4 is 0 Å². The normalized spacial score (nSPS) is 23.8. The van der Waals surface area contributed by atoms with Crippen molar-refractivity contribution in [1.82, 2.24) is 14.7 Å². The molecule has 0 radical (unpaired) electrons. The van der Waals surface area contributed by atoms with E-state index in [1.54, 1.807) is 0 Å². The average Bonchev–Trinajstić information content (AvgIpc) is 2.76. The minimum atomic E-state index is 0.332. The molecule has 0 spiro atoms. The van der Waals surface area contributed by atoms with Crippen LogP contribution in [-0.2, 0) is 6.54 Å². The molecule has 0 amide bonds. The van der Waals surface area contributed by atoms with Gasteiger partial charge in [0, 0.05) is 30.9 Å². The van der Waals surface area contributed by atoms with E-state index >= 15 is 0 Å². The van der Waals surface area contributed by atoms with Crippen LogP contribution in [0.25, 0.3) is 0 Å². The summed E-state index contributed by atoms with van der Waals surface area (Å²) in [5.74, 6) is 0. The molecule has 4 nitrogen and oxygen atoms in total. The SMILES string of the molecule is CCn1cc(C(CN)N2CCCCCC2C)cn1. The number of rotatable bonds is 4. The zero-order valence-electron chi connectivity index (χ0n) is 11.7. The summed E-state index contributed by atoms with van der Waals surface area (Å²) in [7, 11) is 0. The highest BCUT2D eigenvalue weighted by Crippen LogP contribution is 2.27. The molecule has 1 aromatic rings. The van der Waals surface area contributed by atoms with E-state index in [-0.39, 0.29) is 0 Å². The molecule has 2 rings (SSSR count). The standard InChI is InChI=1S/C14H26N4/c1-3-17-11-13(10-16-17)14(9-15)18-8-6-4-5-7-12(18)2/h10-12,14H,3-9,15H2,1-2H3. The van der Waals surface area contributed by atoms with Gasteiger partial charge in [0.25, 0.3) is 0 Å². The Labute approximate surface area is 110 Å². The molecule has 2 atom stereocenters. The Morgan fingerprint density at radius 2 is 2.28 bits per heavy atom. The van der Waals surface area contributed by atoms with Gasteiger partial charge in [0.2, 0.25) is 0 Å². The predicted octanol–water partition coefficient (Wildman–Crippen LogP) is 2.17. The van der Waals surface area contributed by atoms with E-state index < -0.39 is 0 Å². The van der Waals surface area contributed by atoms with Gasteiger partial charge < -0.3 is 5.73 Å². The fourth-order valence-corrected chi connectivity index (χ4v) is 2.95. The number of nitrogens with zero attached hydrogens (tertiary/aromatic N) is 3. The fourth-order valence-electron chi connectivity index (χ4n) is 2.95. The van der Waals surface area contributed by atoms with Crippen LogP contribution in [0, 0.1) is 0 Å². The predicted molar refractivity (Wildman–Crippen MR) is 74.3 cm³/mol. The maximum absolute atomic E-state index is 6.02. The maximum Gasteiger partial charge on any atom is 0.0538 e. The molecule has 18 heavy (non-hydrogen) atoms. The molecule has 1 fully saturated rings. The van der Waals surface area contributed by atoms with Crippen LogP contribution in [0.15, 0.2) is 12.4 Å². The molecule has 2 unspecified atom stereocenters. The summed E-state index contributed by atoms with van der Waals surface area (Å²) in [4.78, 5) is 2.57. The quantitative estimate of drug-likeness (QED) is 0.891. The molecule has 1 aromatic heterocycles. The van der Waals surface area contributed by atoms with Gasteiger partial charge >= 0.3 is 0 Å². The molecular weight excluding hydrogens is 224 g/mol. The lowest BCUT2D eigenvalue weighted by Crippen LogP contribution is -2.39. The Balaban J connectivity index is 2.15. The van der Waals surface area contributed by atoms with Crippen LogP contribution in [0.1, 0.15) is 51.1 Å². The van der Waals surface area contributed by atoms with E-state index in [1.807, 2.05) is 10.9 Å². The van der Waals surface area contributed by atoms with E-state index in [0.29, 0.717) is 18.6 Å². The highest BCUT2D eigenvalue weighted by Gasteiger charge is 2.26. The number of likely N-dealkylation sites (tertiary alicyclic amines) is 1. The van der Waals surface area contributed by atoms with Gasteiger partial charge in [0.05, 0.1) is 12.2 Å². The summed E-state index contributed by atoms with van der Waals surface area (Å²) in [5, 5.41) is 4.38. The second-order valence-electron chi connectivity index (χ2n) is 5.32. The van der Waals surface area contributed by atoms with Crippen LogP contribution < -0.4 is 5.73 Å². The lowest BCUT2D eigenvalue weighted by molar-refractivity contribution is 0.150. The van der Waals surface area contributed by atoms with Gasteiger partial charge in [-0.05, 0) is 33.2 Å². The molecule has 2 N–H and O–H groups in total. The van der Waals surface area contributed by atoms with Gasteiger partial charge in [0.15, 0.2) is 0 Å². The number of hydrogen-bond donors (Lipinski definition) is 1. The summed E-state index contributed by atoms with van der Waals surface area (Å²) in [6.07, 6.45) is 9.42. The van der Waals surface area contributed by atoms with Crippen molar-refractivity contribution in [2.24, 2.45) is 5.73 Å². The van der Waals surface area contributed by atoms with Crippen molar-refractivity contribution in [1.29, 1.82) is 0 Å². The minimum absolute atomic E-state index is 0.332. The molecule has 2 heterocycles. The largest absolute Gasteiger partial charge is 0.329 e. The van der Waals surface area contributed by atoms with Gasteiger partial charge in [0.1, 0.15) is 0 Å². The molecule has 0 aromatic carbocycles. The Hall–Kier alpha value is -0.870. The van der Waals surface area contributed by atoms with E-state index in [4.69, 9.17) is 5.73 Å². The van der Waals surface area contributed by atoms with Crippen molar-refractivity contribution in [2.45, 2.75) is 58.2 Å². The van der Waals surface area contributed by atoms with Crippen LogP contribution in [0.2, 0.25) is 0 Å².